The molecule has 0 amide bonds. The van der Waals surface area contributed by atoms with Crippen molar-refractivity contribution < 1.29 is 4.52 Å². The largest absolute Gasteiger partial charge is 0.438 e. The van der Waals surface area contributed by atoms with Gasteiger partial charge in [-0.25, -0.2) is 4.79 Å². The minimum absolute atomic E-state index is 0.110. The summed E-state index contributed by atoms with van der Waals surface area (Å²) in [6.45, 7) is 2.88. The lowest BCUT2D eigenvalue weighted by atomic mass is 9.82. The van der Waals surface area contributed by atoms with E-state index in [2.05, 4.69) is 21.6 Å². The van der Waals surface area contributed by atoms with Gasteiger partial charge in [0, 0.05) is 6.42 Å². The van der Waals surface area contributed by atoms with E-state index >= 15 is 0 Å². The zero-order valence-corrected chi connectivity index (χ0v) is 8.95. The number of nitrogens with one attached hydrogen (secondary N) is 1. The fourth-order valence-electron chi connectivity index (χ4n) is 2.61. The Hall–Kier alpha value is -1.10. The third-order valence-corrected chi connectivity index (χ3v) is 3.41. The molecule has 2 atom stereocenters. The molecule has 15 heavy (non-hydrogen) atoms. The molecule has 0 aromatic carbocycles. The van der Waals surface area contributed by atoms with Gasteiger partial charge < -0.3 is 5.73 Å². The molecule has 5 heteroatoms. The highest BCUT2D eigenvalue weighted by Gasteiger charge is 2.37. The molecule has 1 saturated carbocycles. The summed E-state index contributed by atoms with van der Waals surface area (Å²) in [6, 6.07) is 0. The lowest BCUT2D eigenvalue weighted by molar-refractivity contribution is 0.283. The molecule has 0 bridgehead atoms. The van der Waals surface area contributed by atoms with Crippen molar-refractivity contribution in [3.63, 3.8) is 0 Å². The van der Waals surface area contributed by atoms with E-state index in [1.165, 1.54) is 6.42 Å². The van der Waals surface area contributed by atoms with Crippen molar-refractivity contribution in [3.05, 3.63) is 16.4 Å². The van der Waals surface area contributed by atoms with Gasteiger partial charge in [0.15, 0.2) is 5.82 Å². The van der Waals surface area contributed by atoms with Gasteiger partial charge in [0.2, 0.25) is 0 Å². The number of hydrogen-bond donors (Lipinski definition) is 2. The number of nitrogens with two attached hydrogens (primary N) is 1. The number of hydrogen-bond acceptors (Lipinski definition) is 4. The summed E-state index contributed by atoms with van der Waals surface area (Å²) >= 11 is 0. The first-order valence-corrected chi connectivity index (χ1v) is 5.38. The second-order valence-corrected chi connectivity index (χ2v) is 4.77. The summed E-state index contributed by atoms with van der Waals surface area (Å²) in [5.41, 5.74) is 5.95. The first kappa shape index (κ1) is 10.4. The predicted octanol–water partition coefficient (Wildman–Crippen LogP) is 0.671. The molecule has 0 spiro atoms. The molecule has 1 heterocycles. The average Bonchev–Trinajstić information content (AvgIpc) is 2.75. The molecule has 0 aliphatic heterocycles. The molecule has 1 aromatic rings. The van der Waals surface area contributed by atoms with E-state index in [0.717, 1.165) is 19.3 Å². The quantitative estimate of drug-likeness (QED) is 0.769. The number of rotatable bonds is 3. The van der Waals surface area contributed by atoms with Crippen LogP contribution in [-0.4, -0.2) is 16.7 Å². The van der Waals surface area contributed by atoms with Gasteiger partial charge in [-0.1, -0.05) is 18.5 Å². The van der Waals surface area contributed by atoms with E-state index in [4.69, 9.17) is 5.73 Å². The minimum atomic E-state index is -0.483. The summed E-state index contributed by atoms with van der Waals surface area (Å²) in [7, 11) is 0. The van der Waals surface area contributed by atoms with Crippen LogP contribution in [0.25, 0.3) is 0 Å². The third kappa shape index (κ3) is 2.12. The monoisotopic (exact) mass is 211 g/mol. The zero-order valence-electron chi connectivity index (χ0n) is 8.95. The second-order valence-electron chi connectivity index (χ2n) is 4.77. The van der Waals surface area contributed by atoms with Crippen LogP contribution >= 0.6 is 0 Å². The van der Waals surface area contributed by atoms with Gasteiger partial charge in [0.25, 0.3) is 0 Å². The molecule has 5 nitrogen and oxygen atoms in total. The maximum Gasteiger partial charge on any atom is 0.438 e. The second kappa shape index (κ2) is 3.81. The van der Waals surface area contributed by atoms with Crippen LogP contribution in [0.4, 0.5) is 0 Å². The van der Waals surface area contributed by atoms with Crippen molar-refractivity contribution >= 4 is 0 Å². The zero-order chi connectivity index (χ0) is 10.9. The van der Waals surface area contributed by atoms with E-state index in [9.17, 15) is 4.79 Å². The highest BCUT2D eigenvalue weighted by molar-refractivity contribution is 4.96. The van der Waals surface area contributed by atoms with E-state index in [1.54, 1.807) is 0 Å². The van der Waals surface area contributed by atoms with Crippen LogP contribution < -0.4 is 11.5 Å². The number of nitrogens with zero attached hydrogens (tertiary/aromatic N) is 1. The Balaban J connectivity index is 2.11. The summed E-state index contributed by atoms with van der Waals surface area (Å²) in [6.07, 6.45) is 4.15. The number of aromatic amines is 1. The van der Waals surface area contributed by atoms with Crippen molar-refractivity contribution in [2.24, 2.45) is 17.1 Å². The minimum Gasteiger partial charge on any atom is -0.330 e. The van der Waals surface area contributed by atoms with Gasteiger partial charge in [-0.2, -0.15) is 0 Å². The predicted molar refractivity (Wildman–Crippen MR) is 55.3 cm³/mol. The Kier molecular flexibility index (Phi) is 2.65. The molecule has 1 aliphatic carbocycles. The molecular weight excluding hydrogens is 194 g/mol. The lowest BCUT2D eigenvalue weighted by Crippen LogP contribution is -2.30. The van der Waals surface area contributed by atoms with Crippen LogP contribution in [0.2, 0.25) is 0 Å². The number of aromatic nitrogens is 2. The van der Waals surface area contributed by atoms with Crippen molar-refractivity contribution in [1.29, 1.82) is 0 Å². The van der Waals surface area contributed by atoms with Gasteiger partial charge in [0.1, 0.15) is 0 Å². The van der Waals surface area contributed by atoms with Crippen LogP contribution in [0, 0.1) is 11.3 Å². The van der Waals surface area contributed by atoms with Crippen molar-refractivity contribution in [2.45, 2.75) is 32.6 Å². The van der Waals surface area contributed by atoms with Crippen LogP contribution in [0.1, 0.15) is 32.0 Å². The van der Waals surface area contributed by atoms with E-state index in [1.807, 2.05) is 0 Å². The van der Waals surface area contributed by atoms with Crippen LogP contribution in [0.5, 0.6) is 0 Å². The highest BCUT2D eigenvalue weighted by atomic mass is 16.5. The Morgan fingerprint density at radius 2 is 2.53 bits per heavy atom. The van der Waals surface area contributed by atoms with Gasteiger partial charge in [-0.3, -0.25) is 9.51 Å². The van der Waals surface area contributed by atoms with Crippen LogP contribution in [0.3, 0.4) is 0 Å². The summed E-state index contributed by atoms with van der Waals surface area (Å²) in [4.78, 5) is 13.4. The first-order valence-electron chi connectivity index (χ1n) is 5.38. The summed E-state index contributed by atoms with van der Waals surface area (Å²) in [5.74, 6) is 0.856. The fourth-order valence-corrected chi connectivity index (χ4v) is 2.61. The SMILES string of the molecule is C[C@H]1CC[C@@](CN)(Cc2noc(=O)[nH]2)C1. The van der Waals surface area contributed by atoms with Gasteiger partial charge >= 0.3 is 5.76 Å². The molecule has 0 unspecified atom stereocenters. The molecule has 1 aromatic heterocycles. The Morgan fingerprint density at radius 3 is 3.00 bits per heavy atom. The van der Waals surface area contributed by atoms with Gasteiger partial charge in [-0.05, 0) is 30.7 Å². The van der Waals surface area contributed by atoms with E-state index in [0.29, 0.717) is 18.3 Å². The van der Waals surface area contributed by atoms with Crippen molar-refractivity contribution in [2.75, 3.05) is 6.54 Å². The molecule has 2 rings (SSSR count). The summed E-state index contributed by atoms with van der Waals surface area (Å²) in [5, 5.41) is 3.70. The van der Waals surface area contributed by atoms with Gasteiger partial charge in [0.05, 0.1) is 0 Å². The summed E-state index contributed by atoms with van der Waals surface area (Å²) < 4.78 is 4.49. The maximum atomic E-state index is 10.8. The van der Waals surface area contributed by atoms with Crippen LogP contribution in [-0.2, 0) is 6.42 Å². The van der Waals surface area contributed by atoms with Crippen molar-refractivity contribution in [3.8, 4) is 0 Å². The van der Waals surface area contributed by atoms with E-state index in [-0.39, 0.29) is 5.41 Å². The van der Waals surface area contributed by atoms with Crippen LogP contribution in [0.15, 0.2) is 9.32 Å². The highest BCUT2D eigenvalue weighted by Crippen LogP contribution is 2.42. The standard InChI is InChI=1S/C10H17N3O2/c1-7-2-3-10(4-7,6-11)5-8-12-9(14)15-13-8/h7H,2-6,11H2,1H3,(H,12,13,14)/t7-,10-/m0/s1. The lowest BCUT2D eigenvalue weighted by Gasteiger charge is -2.25. The molecule has 1 fully saturated rings. The smallest absolute Gasteiger partial charge is 0.330 e. The normalized spacial score (nSPS) is 30.9. The molecule has 0 saturated heterocycles. The number of H-pyrrole nitrogens is 1. The van der Waals surface area contributed by atoms with E-state index < -0.39 is 5.76 Å². The first-order chi connectivity index (χ1) is 7.13. The maximum absolute atomic E-state index is 10.8. The third-order valence-electron chi connectivity index (χ3n) is 3.41. The molecule has 0 radical (unpaired) electrons. The van der Waals surface area contributed by atoms with Crippen molar-refractivity contribution in [1.82, 2.24) is 10.1 Å². The molecule has 3 N–H and O–H groups in total. The molecular formula is C10H17N3O2. The topological polar surface area (TPSA) is 84.9 Å². The average molecular weight is 211 g/mol. The Labute approximate surface area is 88.0 Å². The molecule has 84 valence electrons. The Bertz CT molecular complexity index is 384. The fraction of sp³-hybridized carbons (Fsp3) is 0.800. The van der Waals surface area contributed by atoms with Gasteiger partial charge in [-0.15, -0.1) is 0 Å². The Morgan fingerprint density at radius 1 is 1.73 bits per heavy atom. The molecule has 1 aliphatic rings.